The number of benzene rings is 1. The molecule has 0 aliphatic carbocycles. The highest BCUT2D eigenvalue weighted by atomic mass is 16.2. The van der Waals surface area contributed by atoms with E-state index in [0.717, 1.165) is 12.1 Å². The van der Waals surface area contributed by atoms with Gasteiger partial charge in [0.2, 0.25) is 0 Å². The molecule has 28 heavy (non-hydrogen) atoms. The predicted octanol–water partition coefficient (Wildman–Crippen LogP) is 1.25. The molecular formula is C21H25N5O2. The van der Waals surface area contributed by atoms with E-state index in [1.165, 1.54) is 6.20 Å². The second kappa shape index (κ2) is 7.31. The molecule has 2 aliphatic heterocycles. The van der Waals surface area contributed by atoms with Crippen LogP contribution in [0.5, 0.6) is 0 Å². The Kier molecular flexibility index (Phi) is 4.85. The van der Waals surface area contributed by atoms with Gasteiger partial charge < -0.3 is 14.7 Å². The standard InChI is InChI=1S/C21H25N5O2/c1-24(2)13-21-14-25(19(27)16-6-4-3-5-7-16)11-17(21)12-26(15-21)20(28)18-10-22-8-9-23-18/h3-10,17H,11-15H2,1-2H3/t17-,21+/m1/s1. The van der Waals surface area contributed by atoms with E-state index in [0.29, 0.717) is 31.9 Å². The van der Waals surface area contributed by atoms with E-state index in [9.17, 15) is 9.59 Å². The van der Waals surface area contributed by atoms with Gasteiger partial charge in [0.25, 0.3) is 11.8 Å². The summed E-state index contributed by atoms with van der Waals surface area (Å²) in [6.45, 7) is 3.44. The number of nitrogens with zero attached hydrogens (tertiary/aromatic N) is 5. The highest BCUT2D eigenvalue weighted by Gasteiger charge is 2.54. The number of carbonyl (C=O) groups is 2. The van der Waals surface area contributed by atoms with Crippen molar-refractivity contribution in [3.8, 4) is 0 Å². The molecule has 0 bridgehead atoms. The Morgan fingerprint density at radius 3 is 2.36 bits per heavy atom. The van der Waals surface area contributed by atoms with Gasteiger partial charge in [-0.2, -0.15) is 0 Å². The molecule has 2 saturated heterocycles. The first-order valence-electron chi connectivity index (χ1n) is 9.53. The van der Waals surface area contributed by atoms with Gasteiger partial charge in [-0.1, -0.05) is 18.2 Å². The van der Waals surface area contributed by atoms with Crippen molar-refractivity contribution in [2.24, 2.45) is 11.3 Å². The highest BCUT2D eigenvalue weighted by molar-refractivity contribution is 5.95. The van der Waals surface area contributed by atoms with Crippen molar-refractivity contribution in [1.29, 1.82) is 0 Å². The van der Waals surface area contributed by atoms with E-state index in [2.05, 4.69) is 14.9 Å². The summed E-state index contributed by atoms with van der Waals surface area (Å²) in [7, 11) is 4.08. The zero-order valence-electron chi connectivity index (χ0n) is 16.3. The molecule has 2 aromatic rings. The molecule has 4 rings (SSSR count). The fraction of sp³-hybridized carbons (Fsp3) is 0.429. The van der Waals surface area contributed by atoms with Crippen molar-refractivity contribution in [3.63, 3.8) is 0 Å². The molecule has 0 N–H and O–H groups in total. The fourth-order valence-electron chi connectivity index (χ4n) is 4.68. The zero-order valence-corrected chi connectivity index (χ0v) is 16.3. The zero-order chi connectivity index (χ0) is 19.7. The third kappa shape index (κ3) is 3.38. The van der Waals surface area contributed by atoms with Crippen LogP contribution in [0.4, 0.5) is 0 Å². The average molecular weight is 379 g/mol. The second-order valence-electron chi connectivity index (χ2n) is 8.13. The molecule has 0 saturated carbocycles. The Morgan fingerprint density at radius 1 is 1.07 bits per heavy atom. The lowest BCUT2D eigenvalue weighted by Gasteiger charge is -2.32. The van der Waals surface area contributed by atoms with Crippen LogP contribution < -0.4 is 0 Å². The number of rotatable bonds is 4. The SMILES string of the molecule is CN(C)C[C@@]12CN(C(=O)c3ccccc3)C[C@@H]1CN(C(=O)c1cnccn1)C2. The normalized spacial score (nSPS) is 23.9. The monoisotopic (exact) mass is 379 g/mol. The number of amides is 2. The quantitative estimate of drug-likeness (QED) is 0.800. The lowest BCUT2D eigenvalue weighted by Crippen LogP contribution is -2.43. The molecular weight excluding hydrogens is 354 g/mol. The van der Waals surface area contributed by atoms with Gasteiger partial charge in [-0.25, -0.2) is 4.98 Å². The Hall–Kier alpha value is -2.80. The van der Waals surface area contributed by atoms with Gasteiger partial charge in [-0.15, -0.1) is 0 Å². The van der Waals surface area contributed by atoms with Gasteiger partial charge in [-0.3, -0.25) is 14.6 Å². The van der Waals surface area contributed by atoms with Gasteiger partial charge in [0.1, 0.15) is 5.69 Å². The number of hydrogen-bond donors (Lipinski definition) is 0. The van der Waals surface area contributed by atoms with Crippen LogP contribution in [0.2, 0.25) is 0 Å². The average Bonchev–Trinajstić information content (AvgIpc) is 3.21. The summed E-state index contributed by atoms with van der Waals surface area (Å²) in [6, 6.07) is 9.42. The summed E-state index contributed by atoms with van der Waals surface area (Å²) in [5.74, 6) is 0.240. The maximum Gasteiger partial charge on any atom is 0.274 e. The minimum atomic E-state index is -0.119. The fourth-order valence-corrected chi connectivity index (χ4v) is 4.68. The van der Waals surface area contributed by atoms with Crippen LogP contribution >= 0.6 is 0 Å². The maximum absolute atomic E-state index is 13.0. The number of fused-ring (bicyclic) bond motifs is 1. The van der Waals surface area contributed by atoms with Crippen LogP contribution in [0.3, 0.4) is 0 Å². The molecule has 2 fully saturated rings. The maximum atomic E-state index is 13.0. The first-order chi connectivity index (χ1) is 13.5. The molecule has 1 aromatic heterocycles. The Bertz CT molecular complexity index is 792. The van der Waals surface area contributed by atoms with E-state index in [4.69, 9.17) is 0 Å². The molecule has 3 heterocycles. The Labute approximate surface area is 165 Å². The lowest BCUT2D eigenvalue weighted by atomic mass is 9.80. The lowest BCUT2D eigenvalue weighted by molar-refractivity contribution is 0.0698. The summed E-state index contributed by atoms with van der Waals surface area (Å²) in [6.07, 6.45) is 4.62. The number of likely N-dealkylation sites (tertiary alicyclic amines) is 2. The molecule has 2 atom stereocenters. The summed E-state index contributed by atoms with van der Waals surface area (Å²) in [5, 5.41) is 0. The van der Waals surface area contributed by atoms with Gasteiger partial charge in [0.05, 0.1) is 6.20 Å². The summed E-state index contributed by atoms with van der Waals surface area (Å²) < 4.78 is 0. The van der Waals surface area contributed by atoms with Crippen LogP contribution in [0.15, 0.2) is 48.9 Å². The molecule has 2 aliphatic rings. The van der Waals surface area contributed by atoms with E-state index >= 15 is 0 Å². The van der Waals surface area contributed by atoms with Crippen LogP contribution in [-0.2, 0) is 0 Å². The van der Waals surface area contributed by atoms with E-state index in [-0.39, 0.29) is 23.1 Å². The van der Waals surface area contributed by atoms with E-state index in [1.807, 2.05) is 54.2 Å². The van der Waals surface area contributed by atoms with Crippen LogP contribution in [0.25, 0.3) is 0 Å². The second-order valence-corrected chi connectivity index (χ2v) is 8.13. The first kappa shape index (κ1) is 18.6. The summed E-state index contributed by atoms with van der Waals surface area (Å²) in [5.41, 5.74) is 0.973. The van der Waals surface area contributed by atoms with E-state index < -0.39 is 0 Å². The largest absolute Gasteiger partial charge is 0.338 e. The number of carbonyl (C=O) groups excluding carboxylic acids is 2. The van der Waals surface area contributed by atoms with Crippen molar-refractivity contribution < 1.29 is 9.59 Å². The molecule has 2 amide bonds. The molecule has 0 spiro atoms. The van der Waals surface area contributed by atoms with Crippen LogP contribution in [0, 0.1) is 11.3 Å². The first-order valence-corrected chi connectivity index (χ1v) is 9.53. The topological polar surface area (TPSA) is 69.6 Å². The number of aromatic nitrogens is 2. The molecule has 0 unspecified atom stereocenters. The van der Waals surface area contributed by atoms with Crippen molar-refractivity contribution in [2.45, 2.75) is 0 Å². The minimum Gasteiger partial charge on any atom is -0.338 e. The van der Waals surface area contributed by atoms with Gasteiger partial charge >= 0.3 is 0 Å². The van der Waals surface area contributed by atoms with Gasteiger partial charge in [-0.05, 0) is 26.2 Å². The molecule has 7 nitrogen and oxygen atoms in total. The van der Waals surface area contributed by atoms with Crippen LogP contribution in [0.1, 0.15) is 20.8 Å². The van der Waals surface area contributed by atoms with Crippen molar-refractivity contribution >= 4 is 11.8 Å². The third-order valence-corrected chi connectivity index (χ3v) is 5.77. The predicted molar refractivity (Wildman–Crippen MR) is 105 cm³/mol. The third-order valence-electron chi connectivity index (χ3n) is 5.77. The highest BCUT2D eigenvalue weighted by Crippen LogP contribution is 2.43. The minimum absolute atomic E-state index is 0.0694. The van der Waals surface area contributed by atoms with Crippen molar-refractivity contribution in [3.05, 3.63) is 60.2 Å². The summed E-state index contributed by atoms with van der Waals surface area (Å²) >= 11 is 0. The molecule has 0 radical (unpaired) electrons. The molecule has 1 aromatic carbocycles. The molecule has 7 heteroatoms. The van der Waals surface area contributed by atoms with Gasteiger partial charge in [0.15, 0.2) is 0 Å². The van der Waals surface area contributed by atoms with Crippen molar-refractivity contribution in [1.82, 2.24) is 24.7 Å². The number of hydrogen-bond acceptors (Lipinski definition) is 5. The smallest absolute Gasteiger partial charge is 0.274 e. The Morgan fingerprint density at radius 2 is 1.75 bits per heavy atom. The van der Waals surface area contributed by atoms with Gasteiger partial charge in [0, 0.05) is 62.0 Å². The summed E-state index contributed by atoms with van der Waals surface area (Å²) in [4.78, 5) is 40.0. The van der Waals surface area contributed by atoms with E-state index in [1.54, 1.807) is 12.4 Å². The molecule has 146 valence electrons. The van der Waals surface area contributed by atoms with Crippen LogP contribution in [-0.4, -0.2) is 83.3 Å². The Balaban J connectivity index is 1.54. The van der Waals surface area contributed by atoms with Crippen molar-refractivity contribution in [2.75, 3.05) is 46.8 Å².